The van der Waals surface area contributed by atoms with Crippen molar-refractivity contribution in [3.05, 3.63) is 48.5 Å². The van der Waals surface area contributed by atoms with Gasteiger partial charge in [-0.25, -0.2) is 4.98 Å². The summed E-state index contributed by atoms with van der Waals surface area (Å²) in [6, 6.07) is 16.2. The van der Waals surface area contributed by atoms with Gasteiger partial charge in [0.1, 0.15) is 6.10 Å². The summed E-state index contributed by atoms with van der Waals surface area (Å²) in [6.07, 6.45) is 1.80. The number of aromatic nitrogens is 1. The zero-order chi connectivity index (χ0) is 20.0. The van der Waals surface area contributed by atoms with Crippen molar-refractivity contribution in [2.45, 2.75) is 44.4 Å². The van der Waals surface area contributed by atoms with E-state index in [9.17, 15) is 0 Å². The summed E-state index contributed by atoms with van der Waals surface area (Å²) in [5, 5.41) is 1.11. The van der Waals surface area contributed by atoms with Gasteiger partial charge in [0.25, 0.3) is 0 Å². The van der Waals surface area contributed by atoms with E-state index in [0.29, 0.717) is 5.92 Å². The van der Waals surface area contributed by atoms with Gasteiger partial charge in [0.2, 0.25) is 0 Å². The van der Waals surface area contributed by atoms with Crippen LogP contribution in [0.5, 0.6) is 11.5 Å². The average molecular weight is 410 g/mol. The molecule has 152 valence electrons. The second-order valence-corrected chi connectivity index (χ2v) is 9.41. The first kappa shape index (κ1) is 18.7. The number of nitrogens with two attached hydrogens (primary N) is 1. The monoisotopic (exact) mass is 409 g/mol. The van der Waals surface area contributed by atoms with E-state index in [-0.39, 0.29) is 12.2 Å². The summed E-state index contributed by atoms with van der Waals surface area (Å²) in [7, 11) is 0. The summed E-state index contributed by atoms with van der Waals surface area (Å²) in [4.78, 5) is 7.22. The predicted octanol–water partition coefficient (Wildman–Crippen LogP) is 4.46. The number of fused-ring (bicyclic) bond motifs is 2. The van der Waals surface area contributed by atoms with E-state index in [1.54, 1.807) is 11.3 Å². The third-order valence-electron chi connectivity index (χ3n) is 6.38. The minimum Gasteiger partial charge on any atom is -0.483 e. The maximum atomic E-state index is 6.92. The van der Waals surface area contributed by atoms with Crippen LogP contribution >= 0.6 is 11.3 Å². The molecule has 3 aromatic rings. The molecule has 3 heterocycles. The van der Waals surface area contributed by atoms with Crippen LogP contribution in [0.3, 0.4) is 0 Å². The number of hydrogen-bond acceptors (Lipinski definition) is 6. The number of para-hydroxylation sites is 3. The molecule has 1 fully saturated rings. The van der Waals surface area contributed by atoms with E-state index < -0.39 is 5.54 Å². The van der Waals surface area contributed by atoms with Crippen LogP contribution < -0.4 is 20.1 Å². The molecule has 0 aliphatic carbocycles. The van der Waals surface area contributed by atoms with E-state index in [4.69, 9.17) is 20.2 Å². The zero-order valence-corrected chi connectivity index (χ0v) is 17.7. The molecule has 1 aromatic heterocycles. The van der Waals surface area contributed by atoms with Gasteiger partial charge in [-0.2, -0.15) is 0 Å². The van der Waals surface area contributed by atoms with Crippen LogP contribution in [0.4, 0.5) is 5.13 Å². The van der Waals surface area contributed by atoms with E-state index >= 15 is 0 Å². The lowest BCUT2D eigenvalue weighted by Gasteiger charge is -2.47. The average Bonchev–Trinajstić information content (AvgIpc) is 3.17. The van der Waals surface area contributed by atoms with Crippen LogP contribution in [0.1, 0.15) is 26.7 Å². The maximum absolute atomic E-state index is 6.92. The molecule has 2 N–H and O–H groups in total. The lowest BCUT2D eigenvalue weighted by atomic mass is 9.74. The van der Waals surface area contributed by atoms with Crippen molar-refractivity contribution in [1.29, 1.82) is 0 Å². The smallest absolute Gasteiger partial charge is 0.186 e. The van der Waals surface area contributed by atoms with E-state index in [1.807, 2.05) is 30.3 Å². The number of benzene rings is 2. The van der Waals surface area contributed by atoms with Crippen molar-refractivity contribution in [1.82, 2.24) is 4.98 Å². The Kier molecular flexibility index (Phi) is 4.63. The van der Waals surface area contributed by atoms with Crippen LogP contribution in [0.25, 0.3) is 10.2 Å². The molecular formula is C23H27N3O2S. The van der Waals surface area contributed by atoms with E-state index in [1.165, 1.54) is 4.70 Å². The van der Waals surface area contributed by atoms with Crippen molar-refractivity contribution in [3.63, 3.8) is 0 Å². The predicted molar refractivity (Wildman–Crippen MR) is 118 cm³/mol. The van der Waals surface area contributed by atoms with Gasteiger partial charge in [-0.3, -0.25) is 0 Å². The van der Waals surface area contributed by atoms with Gasteiger partial charge in [0.15, 0.2) is 22.7 Å². The highest BCUT2D eigenvalue weighted by Crippen LogP contribution is 2.40. The molecule has 2 aromatic carbocycles. The summed E-state index contributed by atoms with van der Waals surface area (Å²) >= 11 is 1.77. The molecule has 0 amide bonds. The SMILES string of the molecule is CC1Oc2ccccc2OC1C(C)(N)C1CCN(c2nc3ccccc3s2)CC1. The number of hydrogen-bond donors (Lipinski definition) is 1. The van der Waals surface area contributed by atoms with E-state index in [0.717, 1.165) is 48.1 Å². The number of ether oxygens (including phenoxy) is 2. The normalized spacial score (nSPS) is 24.4. The fraction of sp³-hybridized carbons (Fsp3) is 0.435. The minimum atomic E-state index is -0.466. The van der Waals surface area contributed by atoms with Crippen molar-refractivity contribution in [2.75, 3.05) is 18.0 Å². The molecule has 0 bridgehead atoms. The fourth-order valence-corrected chi connectivity index (χ4v) is 5.71. The number of rotatable bonds is 3. The van der Waals surface area contributed by atoms with Crippen molar-refractivity contribution >= 4 is 26.7 Å². The van der Waals surface area contributed by atoms with Gasteiger partial charge in [0, 0.05) is 13.1 Å². The first-order chi connectivity index (χ1) is 14.0. The second-order valence-electron chi connectivity index (χ2n) is 8.40. The standard InChI is InChI=1S/C23H27N3O2S/c1-15-21(28-19-9-5-4-8-18(19)27-15)23(2,24)16-11-13-26(14-12-16)22-25-17-7-3-6-10-20(17)29-22/h3-10,15-16,21H,11-14,24H2,1-2H3. The highest BCUT2D eigenvalue weighted by atomic mass is 32.1. The van der Waals surface area contributed by atoms with Gasteiger partial charge >= 0.3 is 0 Å². The molecule has 3 atom stereocenters. The van der Waals surface area contributed by atoms with Crippen molar-refractivity contribution < 1.29 is 9.47 Å². The Bertz CT molecular complexity index is 977. The number of anilines is 1. The van der Waals surface area contributed by atoms with Crippen molar-refractivity contribution in [3.8, 4) is 11.5 Å². The first-order valence-electron chi connectivity index (χ1n) is 10.3. The van der Waals surface area contributed by atoms with Crippen LogP contribution in [0.2, 0.25) is 0 Å². The summed E-state index contributed by atoms with van der Waals surface area (Å²) in [5.74, 6) is 1.96. The Hall–Kier alpha value is -2.31. The lowest BCUT2D eigenvalue weighted by Crippen LogP contribution is -2.63. The van der Waals surface area contributed by atoms with Crippen LogP contribution in [-0.4, -0.2) is 35.8 Å². The van der Waals surface area contributed by atoms with Crippen LogP contribution in [0, 0.1) is 5.92 Å². The van der Waals surface area contributed by atoms with Gasteiger partial charge < -0.3 is 20.1 Å². The molecule has 0 spiro atoms. The van der Waals surface area contributed by atoms with Gasteiger partial charge in [-0.1, -0.05) is 35.6 Å². The second kappa shape index (κ2) is 7.18. The Labute approximate surface area is 175 Å². The van der Waals surface area contributed by atoms with Crippen molar-refractivity contribution in [2.24, 2.45) is 11.7 Å². The summed E-state index contributed by atoms with van der Waals surface area (Å²) in [6.45, 7) is 6.12. The molecule has 5 rings (SSSR count). The first-order valence-corrected chi connectivity index (χ1v) is 11.2. The van der Waals surface area contributed by atoms with Crippen LogP contribution in [0.15, 0.2) is 48.5 Å². The van der Waals surface area contributed by atoms with E-state index in [2.05, 4.69) is 36.9 Å². The Morgan fingerprint density at radius 2 is 1.69 bits per heavy atom. The van der Waals surface area contributed by atoms with Gasteiger partial charge in [-0.15, -0.1) is 0 Å². The van der Waals surface area contributed by atoms with Gasteiger partial charge in [0.05, 0.1) is 15.8 Å². The van der Waals surface area contributed by atoms with Gasteiger partial charge in [-0.05, 0) is 56.9 Å². The molecule has 1 saturated heterocycles. The molecule has 0 saturated carbocycles. The summed E-state index contributed by atoms with van der Waals surface area (Å²) in [5.41, 5.74) is 7.54. The minimum absolute atomic E-state index is 0.0813. The largest absolute Gasteiger partial charge is 0.483 e. The third-order valence-corrected chi connectivity index (χ3v) is 7.48. The zero-order valence-electron chi connectivity index (χ0n) is 16.9. The molecule has 5 nitrogen and oxygen atoms in total. The maximum Gasteiger partial charge on any atom is 0.186 e. The molecule has 2 aliphatic rings. The summed E-state index contributed by atoms with van der Waals surface area (Å²) < 4.78 is 13.7. The number of nitrogens with zero attached hydrogens (tertiary/aromatic N) is 2. The molecular weight excluding hydrogens is 382 g/mol. The Balaban J connectivity index is 1.29. The fourth-order valence-electron chi connectivity index (χ4n) is 4.69. The molecule has 0 radical (unpaired) electrons. The molecule has 3 unspecified atom stereocenters. The number of thiazole rings is 1. The highest BCUT2D eigenvalue weighted by molar-refractivity contribution is 7.22. The lowest BCUT2D eigenvalue weighted by molar-refractivity contribution is -0.0331. The quantitative estimate of drug-likeness (QED) is 0.692. The molecule has 2 aliphatic heterocycles. The highest BCUT2D eigenvalue weighted by Gasteiger charge is 2.46. The Morgan fingerprint density at radius 1 is 1.03 bits per heavy atom. The number of piperidine rings is 1. The topological polar surface area (TPSA) is 60.6 Å². The molecule has 6 heteroatoms. The Morgan fingerprint density at radius 3 is 2.41 bits per heavy atom. The molecule has 29 heavy (non-hydrogen) atoms. The van der Waals surface area contributed by atoms with Crippen LogP contribution in [-0.2, 0) is 0 Å². The third kappa shape index (κ3) is 3.34.